The summed E-state index contributed by atoms with van der Waals surface area (Å²) in [7, 11) is -2.63. The first-order valence-corrected chi connectivity index (χ1v) is 7.32. The van der Waals surface area contributed by atoms with Gasteiger partial charge in [0.1, 0.15) is 0 Å². The molecule has 0 bridgehead atoms. The predicted molar refractivity (Wildman–Crippen MR) is 52.0 cm³/mol. The van der Waals surface area contributed by atoms with Crippen molar-refractivity contribution >= 4 is 8.41 Å². The topological polar surface area (TPSA) is 47.6 Å². The van der Waals surface area contributed by atoms with Crippen molar-refractivity contribution in [1.29, 1.82) is 10.5 Å². The molecule has 0 radical (unpaired) electrons. The minimum Gasteiger partial charge on any atom is -0.314 e. The molecular weight excluding hydrogens is 183 g/mol. The zero-order valence-corrected chi connectivity index (χ0v) is 9.34. The molecule has 4 heteroatoms. The minimum atomic E-state index is -2.63. The highest BCUT2D eigenvalue weighted by Gasteiger charge is 2.30. The van der Waals surface area contributed by atoms with Crippen LogP contribution < -0.4 is 0 Å². The van der Waals surface area contributed by atoms with Crippen LogP contribution in [0.2, 0.25) is 18.6 Å². The lowest BCUT2D eigenvalue weighted by molar-refractivity contribution is 0.569. The molecule has 13 heavy (non-hydrogen) atoms. The zero-order chi connectivity index (χ0) is 10.5. The molecule has 0 saturated heterocycles. The maximum atomic E-state index is 13.5. The van der Waals surface area contributed by atoms with Gasteiger partial charge in [-0.3, -0.25) is 0 Å². The normalized spacial score (nSPS) is 15.5. The number of hydrogen-bond acceptors (Lipinski definition) is 2. The van der Waals surface area contributed by atoms with E-state index in [1.807, 2.05) is 19.1 Å². The van der Waals surface area contributed by atoms with Gasteiger partial charge in [0.2, 0.25) is 8.41 Å². The van der Waals surface area contributed by atoms with E-state index in [1.54, 1.807) is 13.1 Å². The Morgan fingerprint density at radius 3 is 2.23 bits per heavy atom. The highest BCUT2D eigenvalue weighted by molar-refractivity contribution is 6.71. The van der Waals surface area contributed by atoms with Gasteiger partial charge in [-0.1, -0.05) is 6.92 Å². The van der Waals surface area contributed by atoms with Gasteiger partial charge in [0.15, 0.2) is 0 Å². The monoisotopic (exact) mass is 198 g/mol. The summed E-state index contributed by atoms with van der Waals surface area (Å²) in [6.45, 7) is 5.10. The second-order valence-corrected chi connectivity index (χ2v) is 8.00. The first kappa shape index (κ1) is 12.1. The molecule has 2 nitrogen and oxygen atoms in total. The summed E-state index contributed by atoms with van der Waals surface area (Å²) in [6.07, 6.45) is 0.727. The van der Waals surface area contributed by atoms with Gasteiger partial charge in [0, 0.05) is 0 Å². The molecule has 0 aliphatic rings. The van der Waals surface area contributed by atoms with Crippen molar-refractivity contribution in [3.63, 3.8) is 0 Å². The second kappa shape index (κ2) is 4.99. The third kappa shape index (κ3) is 4.64. The van der Waals surface area contributed by atoms with Crippen LogP contribution in [0, 0.1) is 28.6 Å². The Hall–Kier alpha value is -0.873. The van der Waals surface area contributed by atoms with Gasteiger partial charge in [-0.05, 0) is 25.1 Å². The van der Waals surface area contributed by atoms with Crippen LogP contribution in [0.4, 0.5) is 4.11 Å². The third-order valence-electron chi connectivity index (χ3n) is 2.33. The van der Waals surface area contributed by atoms with Crippen molar-refractivity contribution in [1.82, 2.24) is 0 Å². The molecule has 0 amide bonds. The number of nitriles is 2. The molecule has 0 aromatic rings. The lowest BCUT2D eigenvalue weighted by Gasteiger charge is -2.21. The van der Waals surface area contributed by atoms with Crippen LogP contribution in [-0.4, -0.2) is 8.41 Å². The van der Waals surface area contributed by atoms with Crippen molar-refractivity contribution in [3.05, 3.63) is 0 Å². The summed E-state index contributed by atoms with van der Waals surface area (Å²) in [5.41, 5.74) is -0.0505. The molecular formula is C9H15FN2Si. The van der Waals surface area contributed by atoms with Crippen molar-refractivity contribution in [2.24, 2.45) is 5.92 Å². The van der Waals surface area contributed by atoms with Gasteiger partial charge in [-0.15, -0.1) is 0 Å². The molecule has 2 atom stereocenters. The van der Waals surface area contributed by atoms with Crippen LogP contribution in [0.3, 0.4) is 0 Å². The van der Waals surface area contributed by atoms with Gasteiger partial charge >= 0.3 is 0 Å². The largest absolute Gasteiger partial charge is 0.314 e. The maximum Gasteiger partial charge on any atom is 0.243 e. The summed E-state index contributed by atoms with van der Waals surface area (Å²) in [5, 5.41) is 17.1. The summed E-state index contributed by atoms with van der Waals surface area (Å²) in [5.74, 6) is -0.303. The van der Waals surface area contributed by atoms with E-state index in [4.69, 9.17) is 10.5 Å². The van der Waals surface area contributed by atoms with Crippen LogP contribution in [0.25, 0.3) is 0 Å². The molecule has 0 rings (SSSR count). The SMILES string of the molecule is CC(CC(C#N)CC#N)[Si](C)(C)F. The number of nitrogens with zero attached hydrogens (tertiary/aromatic N) is 2. The average Bonchev–Trinajstić information content (AvgIpc) is 2.01. The average molecular weight is 198 g/mol. The number of hydrogen-bond donors (Lipinski definition) is 0. The van der Waals surface area contributed by atoms with E-state index in [-0.39, 0.29) is 17.9 Å². The van der Waals surface area contributed by atoms with Gasteiger partial charge in [0.05, 0.1) is 24.5 Å². The highest BCUT2D eigenvalue weighted by atomic mass is 28.4. The van der Waals surface area contributed by atoms with Crippen molar-refractivity contribution in [3.8, 4) is 12.1 Å². The molecule has 0 heterocycles. The lowest BCUT2D eigenvalue weighted by atomic mass is 10.0. The van der Waals surface area contributed by atoms with Crippen molar-refractivity contribution in [2.75, 3.05) is 0 Å². The molecule has 0 fully saturated rings. The van der Waals surface area contributed by atoms with Gasteiger partial charge in [0.25, 0.3) is 0 Å². The predicted octanol–water partition coefficient (Wildman–Crippen LogP) is 2.99. The van der Waals surface area contributed by atoms with E-state index < -0.39 is 8.41 Å². The molecule has 0 aliphatic carbocycles. The Balaban J connectivity index is 4.13. The summed E-state index contributed by atoms with van der Waals surface area (Å²) < 4.78 is 13.5. The Bertz CT molecular complexity index is 233. The van der Waals surface area contributed by atoms with Crippen LogP contribution in [0.1, 0.15) is 19.8 Å². The van der Waals surface area contributed by atoms with E-state index in [2.05, 4.69) is 0 Å². The maximum absolute atomic E-state index is 13.5. The van der Waals surface area contributed by atoms with E-state index in [0.717, 1.165) is 0 Å². The molecule has 0 aromatic heterocycles. The summed E-state index contributed by atoms with van der Waals surface area (Å²) in [4.78, 5) is 0. The standard InChI is InChI=1S/C9H15FN2Si/c1-8(13(2,3)10)6-9(7-12)4-5-11/h8-9H,4,6H2,1-3H3. The molecule has 72 valence electrons. The van der Waals surface area contributed by atoms with E-state index in [0.29, 0.717) is 6.42 Å². The van der Waals surface area contributed by atoms with E-state index in [9.17, 15) is 4.11 Å². The third-order valence-corrected chi connectivity index (χ3v) is 4.91. The fraction of sp³-hybridized carbons (Fsp3) is 0.778. The molecule has 0 aromatic carbocycles. The lowest BCUT2D eigenvalue weighted by Crippen LogP contribution is -2.26. The van der Waals surface area contributed by atoms with Crippen LogP contribution in [0.15, 0.2) is 0 Å². The molecule has 0 spiro atoms. The van der Waals surface area contributed by atoms with Crippen molar-refractivity contribution < 1.29 is 4.11 Å². The van der Waals surface area contributed by atoms with Gasteiger partial charge in [-0.25, -0.2) is 0 Å². The van der Waals surface area contributed by atoms with Crippen LogP contribution in [0.5, 0.6) is 0 Å². The minimum absolute atomic E-state index is 0.0505. The summed E-state index contributed by atoms with van der Waals surface area (Å²) >= 11 is 0. The quantitative estimate of drug-likeness (QED) is 0.515. The molecule has 2 unspecified atom stereocenters. The van der Waals surface area contributed by atoms with Crippen molar-refractivity contribution in [2.45, 2.75) is 38.4 Å². The van der Waals surface area contributed by atoms with E-state index >= 15 is 0 Å². The fourth-order valence-electron chi connectivity index (χ4n) is 0.999. The van der Waals surface area contributed by atoms with Gasteiger partial charge < -0.3 is 4.11 Å². The first-order valence-electron chi connectivity index (χ1n) is 4.37. The Labute approximate surface area is 80.2 Å². The number of rotatable bonds is 4. The van der Waals surface area contributed by atoms with E-state index in [1.165, 1.54) is 0 Å². The van der Waals surface area contributed by atoms with Gasteiger partial charge in [-0.2, -0.15) is 10.5 Å². The zero-order valence-electron chi connectivity index (χ0n) is 8.34. The molecule has 0 N–H and O–H groups in total. The second-order valence-electron chi connectivity index (χ2n) is 3.89. The molecule has 0 aliphatic heterocycles. The highest BCUT2D eigenvalue weighted by Crippen LogP contribution is 2.29. The Morgan fingerprint density at radius 2 is 1.92 bits per heavy atom. The smallest absolute Gasteiger partial charge is 0.243 e. The van der Waals surface area contributed by atoms with Crippen LogP contribution >= 0.6 is 0 Å². The first-order chi connectivity index (χ1) is 5.91. The molecule has 0 saturated carbocycles. The summed E-state index contributed by atoms with van der Waals surface area (Å²) in [6, 6.07) is 3.99. The fourth-order valence-corrected chi connectivity index (χ4v) is 1.84. The van der Waals surface area contributed by atoms with Crippen LogP contribution in [-0.2, 0) is 0 Å². The number of halogens is 1. The Kier molecular flexibility index (Phi) is 4.65. The Morgan fingerprint density at radius 1 is 1.38 bits per heavy atom.